The van der Waals surface area contributed by atoms with Gasteiger partial charge < -0.3 is 9.64 Å². The highest BCUT2D eigenvalue weighted by Gasteiger charge is 2.24. The number of anilines is 2. The Balaban J connectivity index is 1.54. The maximum absolute atomic E-state index is 13.0. The molecule has 2 aromatic rings. The quantitative estimate of drug-likeness (QED) is 0.643. The van der Waals surface area contributed by atoms with Crippen molar-refractivity contribution in [2.24, 2.45) is 0 Å². The Hall–Kier alpha value is -2.45. The molecule has 180 valence electrons. The number of nitrogens with one attached hydrogen (secondary N) is 1. The van der Waals surface area contributed by atoms with Gasteiger partial charge in [0.2, 0.25) is 0 Å². The van der Waals surface area contributed by atoms with Crippen molar-refractivity contribution in [1.29, 1.82) is 0 Å². The number of piperazine rings is 1. The van der Waals surface area contributed by atoms with Crippen LogP contribution in [0.4, 0.5) is 16.3 Å². The van der Waals surface area contributed by atoms with E-state index in [2.05, 4.69) is 60.2 Å². The first-order valence-corrected chi connectivity index (χ1v) is 12.6. The van der Waals surface area contributed by atoms with Crippen molar-refractivity contribution in [2.75, 3.05) is 36.4 Å². The van der Waals surface area contributed by atoms with Crippen LogP contribution in [-0.4, -0.2) is 51.4 Å². The molecule has 1 fully saturated rings. The number of carbonyl (C=O) groups excluding carboxylic acids is 1. The largest absolute Gasteiger partial charge is 0.444 e. The third-order valence-corrected chi connectivity index (χ3v) is 7.42. The van der Waals surface area contributed by atoms with Crippen LogP contribution in [0.2, 0.25) is 0 Å². The van der Waals surface area contributed by atoms with Crippen molar-refractivity contribution in [2.45, 2.75) is 63.9 Å². The summed E-state index contributed by atoms with van der Waals surface area (Å²) in [6.07, 6.45) is 2.08. The van der Waals surface area contributed by atoms with Crippen molar-refractivity contribution in [3.63, 3.8) is 0 Å². The van der Waals surface area contributed by atoms with Gasteiger partial charge in [-0.05, 0) is 62.4 Å². The number of aromatic nitrogens is 1. The maximum atomic E-state index is 13.0. The Morgan fingerprint density at radius 1 is 1.03 bits per heavy atom. The lowest BCUT2D eigenvalue weighted by Gasteiger charge is -2.35. The molecule has 8 heteroatoms. The molecule has 0 aliphatic carbocycles. The SMILES string of the molecule is CCC(C)(C)c1ccc(N2CCN(S(=O)c3ccc(NC(=O)OC(C)(C)C)nc3)CC2)cc1. The zero-order valence-electron chi connectivity index (χ0n) is 20.6. The van der Waals surface area contributed by atoms with Gasteiger partial charge in [0.05, 0.1) is 4.90 Å². The Bertz CT molecular complexity index is 961. The molecule has 33 heavy (non-hydrogen) atoms. The topological polar surface area (TPSA) is 74.8 Å². The van der Waals surface area contributed by atoms with Gasteiger partial charge in [-0.3, -0.25) is 5.32 Å². The molecule has 7 nitrogen and oxygen atoms in total. The monoisotopic (exact) mass is 472 g/mol. The molecule has 0 bridgehead atoms. The first-order valence-electron chi connectivity index (χ1n) is 11.5. The molecule has 3 rings (SSSR count). The number of hydrogen-bond donors (Lipinski definition) is 1. The van der Waals surface area contributed by atoms with Crippen LogP contribution < -0.4 is 10.2 Å². The fourth-order valence-electron chi connectivity index (χ4n) is 3.55. The van der Waals surface area contributed by atoms with Crippen LogP contribution in [-0.2, 0) is 21.1 Å². The standard InChI is InChI=1S/C25H36N4O3S/c1-7-25(5,6)19-8-10-20(11-9-19)28-14-16-29(17-15-28)33(31)21-12-13-22(26-18-21)27-23(30)32-24(2,3)4/h8-13,18H,7,14-17H2,1-6H3,(H,26,27,30). The average Bonchev–Trinajstić information content (AvgIpc) is 2.78. The fraction of sp³-hybridized carbons (Fsp3) is 0.520. The van der Waals surface area contributed by atoms with E-state index in [1.165, 1.54) is 11.3 Å². The van der Waals surface area contributed by atoms with Crippen LogP contribution in [0.3, 0.4) is 0 Å². The highest BCUT2D eigenvalue weighted by Crippen LogP contribution is 2.29. The minimum absolute atomic E-state index is 0.181. The first-order chi connectivity index (χ1) is 15.5. The van der Waals surface area contributed by atoms with E-state index in [1.807, 2.05) is 4.31 Å². The van der Waals surface area contributed by atoms with E-state index in [4.69, 9.17) is 4.74 Å². The predicted octanol–water partition coefficient (Wildman–Crippen LogP) is 4.96. The number of ether oxygens (including phenoxy) is 1. The summed E-state index contributed by atoms with van der Waals surface area (Å²) in [4.78, 5) is 19.0. The third kappa shape index (κ3) is 6.77. The lowest BCUT2D eigenvalue weighted by atomic mass is 9.82. The van der Waals surface area contributed by atoms with Gasteiger partial charge in [0.15, 0.2) is 0 Å². The van der Waals surface area contributed by atoms with Crippen LogP contribution >= 0.6 is 0 Å². The molecule has 1 aromatic carbocycles. The maximum Gasteiger partial charge on any atom is 0.413 e. The molecule has 1 N–H and O–H groups in total. The number of rotatable bonds is 6. The normalized spacial score (nSPS) is 16.4. The van der Waals surface area contributed by atoms with Gasteiger partial charge in [-0.1, -0.05) is 32.9 Å². The molecule has 1 aliphatic heterocycles. The third-order valence-electron chi connectivity index (χ3n) is 5.94. The number of nitrogens with zero attached hydrogens (tertiary/aromatic N) is 3. The summed E-state index contributed by atoms with van der Waals surface area (Å²) in [6, 6.07) is 12.2. The van der Waals surface area contributed by atoms with Crippen molar-refractivity contribution >= 4 is 28.6 Å². The smallest absolute Gasteiger partial charge is 0.413 e. The molecule has 0 radical (unpaired) electrons. The van der Waals surface area contributed by atoms with Gasteiger partial charge in [0.25, 0.3) is 0 Å². The molecule has 0 spiro atoms. The number of carbonyl (C=O) groups is 1. The molecule has 1 saturated heterocycles. The average molecular weight is 473 g/mol. The molecular formula is C25H36N4O3S. The van der Waals surface area contributed by atoms with Gasteiger partial charge in [-0.15, -0.1) is 0 Å². The molecule has 1 aliphatic rings. The summed E-state index contributed by atoms with van der Waals surface area (Å²) in [6.45, 7) is 15.2. The van der Waals surface area contributed by atoms with Crippen LogP contribution in [0.5, 0.6) is 0 Å². The Morgan fingerprint density at radius 3 is 2.18 bits per heavy atom. The molecule has 1 atom stereocenters. The minimum Gasteiger partial charge on any atom is -0.444 e. The Labute approximate surface area is 200 Å². The Kier molecular flexibility index (Phi) is 7.80. The summed E-state index contributed by atoms with van der Waals surface area (Å²) >= 11 is 0. The van der Waals surface area contributed by atoms with E-state index in [1.54, 1.807) is 39.1 Å². The van der Waals surface area contributed by atoms with E-state index in [-0.39, 0.29) is 5.41 Å². The van der Waals surface area contributed by atoms with Crippen molar-refractivity contribution in [1.82, 2.24) is 9.29 Å². The Morgan fingerprint density at radius 2 is 1.67 bits per heavy atom. The van der Waals surface area contributed by atoms with Crippen molar-refractivity contribution in [3.05, 3.63) is 48.2 Å². The summed E-state index contributed by atoms with van der Waals surface area (Å²) in [5, 5.41) is 2.59. The fourth-order valence-corrected chi connectivity index (χ4v) is 4.67. The lowest BCUT2D eigenvalue weighted by molar-refractivity contribution is 0.0635. The molecule has 1 amide bonds. The van der Waals surface area contributed by atoms with Crippen LogP contribution in [0.25, 0.3) is 0 Å². The zero-order chi connectivity index (χ0) is 24.2. The highest BCUT2D eigenvalue weighted by atomic mass is 32.2. The second-order valence-electron chi connectivity index (χ2n) is 9.96. The van der Waals surface area contributed by atoms with Gasteiger partial charge in [0, 0.05) is 38.1 Å². The zero-order valence-corrected chi connectivity index (χ0v) is 21.4. The summed E-state index contributed by atoms with van der Waals surface area (Å²) in [5.74, 6) is 0.365. The van der Waals surface area contributed by atoms with Crippen LogP contribution in [0, 0.1) is 0 Å². The van der Waals surface area contributed by atoms with Crippen LogP contribution in [0.15, 0.2) is 47.5 Å². The predicted molar refractivity (Wildman–Crippen MR) is 134 cm³/mol. The van der Waals surface area contributed by atoms with Crippen molar-refractivity contribution < 1.29 is 13.7 Å². The van der Waals surface area contributed by atoms with E-state index in [0.717, 1.165) is 19.5 Å². The van der Waals surface area contributed by atoms with E-state index < -0.39 is 22.7 Å². The molecular weight excluding hydrogens is 436 g/mol. The molecule has 0 saturated carbocycles. The molecule has 2 heterocycles. The second kappa shape index (κ2) is 10.2. The minimum atomic E-state index is -1.29. The number of amides is 1. The first kappa shape index (κ1) is 25.2. The number of pyridine rings is 1. The number of benzene rings is 1. The van der Waals surface area contributed by atoms with Gasteiger partial charge >= 0.3 is 6.09 Å². The van der Waals surface area contributed by atoms with E-state index in [0.29, 0.717) is 23.8 Å². The van der Waals surface area contributed by atoms with E-state index in [9.17, 15) is 9.00 Å². The van der Waals surface area contributed by atoms with Gasteiger partial charge in [0.1, 0.15) is 22.4 Å². The summed E-state index contributed by atoms with van der Waals surface area (Å²) in [5.41, 5.74) is 2.16. The number of hydrogen-bond acceptors (Lipinski definition) is 5. The molecule has 1 unspecified atom stereocenters. The van der Waals surface area contributed by atoms with Gasteiger partial charge in [-0.2, -0.15) is 0 Å². The van der Waals surface area contributed by atoms with E-state index >= 15 is 0 Å². The highest BCUT2D eigenvalue weighted by molar-refractivity contribution is 7.82. The summed E-state index contributed by atoms with van der Waals surface area (Å²) < 4.78 is 20.2. The van der Waals surface area contributed by atoms with Crippen molar-refractivity contribution in [3.8, 4) is 0 Å². The van der Waals surface area contributed by atoms with Crippen LogP contribution in [0.1, 0.15) is 53.5 Å². The summed E-state index contributed by atoms with van der Waals surface area (Å²) in [7, 11) is -1.29. The lowest BCUT2D eigenvalue weighted by Crippen LogP contribution is -2.47. The second-order valence-corrected chi connectivity index (χ2v) is 11.4. The van der Waals surface area contributed by atoms with Gasteiger partial charge in [-0.25, -0.2) is 18.3 Å². The molecule has 1 aromatic heterocycles.